The minimum absolute atomic E-state index is 0.227. The molecule has 25 heavy (non-hydrogen) atoms. The van der Waals surface area contributed by atoms with E-state index < -0.39 is 0 Å². The molecule has 5 rings (SSSR count). The van der Waals surface area contributed by atoms with Gasteiger partial charge in [0.1, 0.15) is 4.83 Å². The van der Waals surface area contributed by atoms with Crippen LogP contribution in [0.15, 0.2) is 33.5 Å². The SMILES string of the molecule is O=c1[nH]c2sc3c(c2c2nc(-c4ccc(Br)cc4)nn12)CCCCC3. The third-order valence-corrected chi connectivity index (χ3v) is 6.50. The van der Waals surface area contributed by atoms with Crippen molar-refractivity contribution in [2.75, 3.05) is 0 Å². The second-order valence-corrected chi connectivity index (χ2v) is 8.40. The molecule has 1 aliphatic rings. The summed E-state index contributed by atoms with van der Waals surface area (Å²) in [5.41, 5.74) is 2.71. The lowest BCUT2D eigenvalue weighted by molar-refractivity contribution is 0.713. The van der Waals surface area contributed by atoms with Crippen LogP contribution in [0.25, 0.3) is 27.3 Å². The lowest BCUT2D eigenvalue weighted by Crippen LogP contribution is -2.17. The molecule has 0 amide bonds. The summed E-state index contributed by atoms with van der Waals surface area (Å²) < 4.78 is 2.42. The second kappa shape index (κ2) is 5.78. The van der Waals surface area contributed by atoms with Crippen LogP contribution in [0.5, 0.6) is 0 Å². The molecular formula is C18H15BrN4OS. The summed E-state index contributed by atoms with van der Waals surface area (Å²) in [6.45, 7) is 0. The Labute approximate surface area is 155 Å². The fourth-order valence-corrected chi connectivity index (χ4v) is 5.09. The van der Waals surface area contributed by atoms with Crippen molar-refractivity contribution < 1.29 is 0 Å². The molecule has 0 fully saturated rings. The Morgan fingerprint density at radius 3 is 2.76 bits per heavy atom. The van der Waals surface area contributed by atoms with E-state index in [9.17, 15) is 4.79 Å². The van der Waals surface area contributed by atoms with Gasteiger partial charge in [-0.3, -0.25) is 4.98 Å². The monoisotopic (exact) mass is 414 g/mol. The highest BCUT2D eigenvalue weighted by Gasteiger charge is 2.21. The number of hydrogen-bond acceptors (Lipinski definition) is 4. The third-order valence-electron chi connectivity index (χ3n) is 4.77. The summed E-state index contributed by atoms with van der Waals surface area (Å²) in [7, 11) is 0. The summed E-state index contributed by atoms with van der Waals surface area (Å²) in [5, 5.41) is 5.55. The largest absolute Gasteiger partial charge is 0.349 e. The molecule has 0 saturated carbocycles. The summed E-state index contributed by atoms with van der Waals surface area (Å²) in [5.74, 6) is 0.582. The van der Waals surface area contributed by atoms with Crippen LogP contribution in [0.4, 0.5) is 0 Å². The van der Waals surface area contributed by atoms with Gasteiger partial charge in [0.2, 0.25) is 0 Å². The number of benzene rings is 1. The molecule has 1 aromatic carbocycles. The van der Waals surface area contributed by atoms with Crippen molar-refractivity contribution in [3.8, 4) is 11.4 Å². The molecule has 1 aliphatic carbocycles. The fraction of sp³-hybridized carbons (Fsp3) is 0.278. The molecule has 0 atom stereocenters. The molecule has 1 N–H and O–H groups in total. The van der Waals surface area contributed by atoms with E-state index in [0.717, 1.165) is 33.1 Å². The van der Waals surface area contributed by atoms with E-state index in [4.69, 9.17) is 4.98 Å². The number of aromatic amines is 1. The molecule has 3 aromatic heterocycles. The van der Waals surface area contributed by atoms with Gasteiger partial charge in [0.05, 0.1) is 5.39 Å². The van der Waals surface area contributed by atoms with Gasteiger partial charge < -0.3 is 0 Å². The number of rotatable bonds is 1. The average Bonchev–Trinajstić information content (AvgIpc) is 3.11. The van der Waals surface area contributed by atoms with Gasteiger partial charge in [-0.1, -0.05) is 34.5 Å². The smallest absolute Gasteiger partial charge is 0.297 e. The van der Waals surface area contributed by atoms with Gasteiger partial charge >= 0.3 is 5.69 Å². The zero-order chi connectivity index (χ0) is 17.0. The molecule has 0 spiro atoms. The van der Waals surface area contributed by atoms with E-state index >= 15 is 0 Å². The van der Waals surface area contributed by atoms with Gasteiger partial charge in [-0.25, -0.2) is 9.78 Å². The molecular weight excluding hydrogens is 400 g/mol. The van der Waals surface area contributed by atoms with E-state index in [1.54, 1.807) is 11.3 Å². The van der Waals surface area contributed by atoms with Crippen molar-refractivity contribution in [2.45, 2.75) is 32.1 Å². The lowest BCUT2D eigenvalue weighted by atomic mass is 10.1. The van der Waals surface area contributed by atoms with Crippen LogP contribution < -0.4 is 5.69 Å². The Morgan fingerprint density at radius 1 is 1.12 bits per heavy atom. The minimum atomic E-state index is -0.227. The van der Waals surface area contributed by atoms with E-state index in [0.29, 0.717) is 11.5 Å². The highest BCUT2D eigenvalue weighted by atomic mass is 79.9. The number of thiophene rings is 1. The number of H-pyrrole nitrogens is 1. The summed E-state index contributed by atoms with van der Waals surface area (Å²) >= 11 is 5.15. The van der Waals surface area contributed by atoms with Gasteiger partial charge in [-0.05, 0) is 43.4 Å². The van der Waals surface area contributed by atoms with E-state index in [1.165, 1.54) is 34.2 Å². The predicted octanol–water partition coefficient (Wildman–Crippen LogP) is 4.33. The van der Waals surface area contributed by atoms with E-state index in [1.807, 2.05) is 24.3 Å². The molecule has 3 heterocycles. The van der Waals surface area contributed by atoms with Gasteiger partial charge in [0.25, 0.3) is 0 Å². The van der Waals surface area contributed by atoms with Gasteiger partial charge in [-0.2, -0.15) is 4.52 Å². The zero-order valence-electron chi connectivity index (χ0n) is 13.4. The molecule has 0 unspecified atom stereocenters. The lowest BCUT2D eigenvalue weighted by Gasteiger charge is -1.99. The Bertz CT molecular complexity index is 1160. The Morgan fingerprint density at radius 2 is 1.92 bits per heavy atom. The van der Waals surface area contributed by atoms with Crippen LogP contribution >= 0.6 is 27.3 Å². The number of hydrogen-bond donors (Lipinski definition) is 1. The highest BCUT2D eigenvalue weighted by Crippen LogP contribution is 2.36. The van der Waals surface area contributed by atoms with Crippen molar-refractivity contribution in [3.63, 3.8) is 0 Å². The number of aryl methyl sites for hydroxylation is 2. The van der Waals surface area contributed by atoms with Crippen LogP contribution in [0.3, 0.4) is 0 Å². The fourth-order valence-electron chi connectivity index (χ4n) is 3.55. The maximum atomic E-state index is 12.5. The number of aromatic nitrogens is 4. The number of nitrogens with one attached hydrogen (secondary N) is 1. The van der Waals surface area contributed by atoms with Crippen LogP contribution in [0.2, 0.25) is 0 Å². The number of halogens is 1. The van der Waals surface area contributed by atoms with Crippen molar-refractivity contribution in [3.05, 3.63) is 49.7 Å². The second-order valence-electron chi connectivity index (χ2n) is 6.38. The zero-order valence-corrected chi connectivity index (χ0v) is 15.8. The standard InChI is InChI=1S/C18H15BrN4OS/c19-11-8-6-10(7-9-11)15-20-16-14-12-4-2-1-3-5-13(12)25-17(14)21-18(24)23(16)22-15/h6-9H,1-5H2,(H,21,24). The van der Waals surface area contributed by atoms with Crippen molar-refractivity contribution in [1.29, 1.82) is 0 Å². The molecule has 0 radical (unpaired) electrons. The molecule has 7 heteroatoms. The normalized spacial score (nSPS) is 14.8. The average molecular weight is 415 g/mol. The van der Waals surface area contributed by atoms with Crippen LogP contribution in [-0.4, -0.2) is 19.6 Å². The third kappa shape index (κ3) is 2.45. The maximum Gasteiger partial charge on any atom is 0.349 e. The Kier molecular flexibility index (Phi) is 3.53. The molecule has 5 nitrogen and oxygen atoms in total. The molecule has 0 aliphatic heterocycles. The first-order valence-corrected chi connectivity index (χ1v) is 10.0. The summed E-state index contributed by atoms with van der Waals surface area (Å²) in [6, 6.07) is 7.83. The topological polar surface area (TPSA) is 63.0 Å². The first-order chi connectivity index (χ1) is 12.2. The van der Waals surface area contributed by atoms with E-state index in [2.05, 4.69) is 26.0 Å². The highest BCUT2D eigenvalue weighted by molar-refractivity contribution is 9.10. The molecule has 0 bridgehead atoms. The van der Waals surface area contributed by atoms with Gasteiger partial charge in [-0.15, -0.1) is 16.4 Å². The number of nitrogens with zero attached hydrogens (tertiary/aromatic N) is 3. The molecule has 0 saturated heterocycles. The van der Waals surface area contributed by atoms with Crippen molar-refractivity contribution >= 4 is 43.1 Å². The summed E-state index contributed by atoms with van der Waals surface area (Å²) in [4.78, 5) is 22.5. The Balaban J connectivity index is 1.81. The molecule has 126 valence electrons. The van der Waals surface area contributed by atoms with Crippen molar-refractivity contribution in [2.24, 2.45) is 0 Å². The quantitative estimate of drug-likeness (QED) is 0.471. The van der Waals surface area contributed by atoms with Gasteiger partial charge in [0, 0.05) is 14.9 Å². The van der Waals surface area contributed by atoms with E-state index in [-0.39, 0.29) is 5.69 Å². The first kappa shape index (κ1) is 15.3. The van der Waals surface area contributed by atoms with Gasteiger partial charge in [0.15, 0.2) is 11.5 Å². The summed E-state index contributed by atoms with van der Waals surface area (Å²) in [6.07, 6.45) is 5.82. The first-order valence-electron chi connectivity index (χ1n) is 8.40. The Hall–Kier alpha value is -1.99. The van der Waals surface area contributed by atoms with Crippen LogP contribution in [0, 0.1) is 0 Å². The van der Waals surface area contributed by atoms with Crippen molar-refractivity contribution in [1.82, 2.24) is 19.6 Å². The predicted molar refractivity (Wildman–Crippen MR) is 103 cm³/mol. The van der Waals surface area contributed by atoms with Crippen LogP contribution in [0.1, 0.15) is 29.7 Å². The number of fused-ring (bicyclic) bond motifs is 5. The molecule has 4 aromatic rings. The minimum Gasteiger partial charge on any atom is -0.297 e. The maximum absolute atomic E-state index is 12.5. The van der Waals surface area contributed by atoms with Crippen LogP contribution in [-0.2, 0) is 12.8 Å².